The Bertz CT molecular complexity index is 858. The van der Waals surface area contributed by atoms with Crippen molar-refractivity contribution in [2.75, 3.05) is 13.6 Å². The van der Waals surface area contributed by atoms with E-state index in [2.05, 4.69) is 20.9 Å². The van der Waals surface area contributed by atoms with Crippen LogP contribution in [0, 0.1) is 5.92 Å². The minimum atomic E-state index is -0.702. The van der Waals surface area contributed by atoms with Gasteiger partial charge in [-0.1, -0.05) is 31.2 Å². The van der Waals surface area contributed by atoms with Gasteiger partial charge in [-0.2, -0.15) is 0 Å². The van der Waals surface area contributed by atoms with Crippen molar-refractivity contribution in [3.63, 3.8) is 0 Å². The maximum Gasteiger partial charge on any atom is 0.407 e. The van der Waals surface area contributed by atoms with Crippen molar-refractivity contribution in [2.24, 2.45) is 10.9 Å². The van der Waals surface area contributed by atoms with Crippen LogP contribution in [0.5, 0.6) is 0 Å². The Morgan fingerprint density at radius 2 is 1.84 bits per heavy atom. The summed E-state index contributed by atoms with van der Waals surface area (Å²) in [4.78, 5) is 28.5. The van der Waals surface area contributed by atoms with Crippen molar-refractivity contribution in [1.82, 2.24) is 16.0 Å². The molecule has 32 heavy (non-hydrogen) atoms. The Labute approximate surface area is 190 Å². The molecule has 0 radical (unpaired) electrons. The molecule has 0 saturated heterocycles. The topological polar surface area (TPSA) is 112 Å². The highest BCUT2D eigenvalue weighted by atomic mass is 16.6. The molecule has 1 heterocycles. The Morgan fingerprint density at radius 3 is 2.44 bits per heavy atom. The second kappa shape index (κ2) is 11.7. The third-order valence-corrected chi connectivity index (χ3v) is 5.20. The van der Waals surface area contributed by atoms with Crippen molar-refractivity contribution >= 4 is 17.8 Å². The average Bonchev–Trinajstić information content (AvgIpc) is 2.75. The van der Waals surface area contributed by atoms with E-state index in [1.54, 1.807) is 13.2 Å². The molecule has 0 saturated carbocycles. The van der Waals surface area contributed by atoms with Gasteiger partial charge in [-0.3, -0.25) is 4.79 Å². The summed E-state index contributed by atoms with van der Waals surface area (Å²) in [5.74, 6) is 0.569. The summed E-state index contributed by atoms with van der Waals surface area (Å²) >= 11 is 0. The van der Waals surface area contributed by atoms with Gasteiger partial charge in [0.1, 0.15) is 11.4 Å². The van der Waals surface area contributed by atoms with E-state index in [4.69, 9.17) is 4.74 Å². The molecule has 0 bridgehead atoms. The maximum atomic E-state index is 12.3. The molecule has 8 nitrogen and oxygen atoms in total. The van der Waals surface area contributed by atoms with E-state index in [1.807, 2.05) is 52.0 Å². The molecule has 0 unspecified atom stereocenters. The van der Waals surface area contributed by atoms with Gasteiger partial charge < -0.3 is 25.8 Å². The van der Waals surface area contributed by atoms with Crippen LogP contribution in [0.25, 0.3) is 0 Å². The molecular weight excluding hydrogens is 408 g/mol. The zero-order valence-corrected chi connectivity index (χ0v) is 19.7. The lowest BCUT2D eigenvalue weighted by molar-refractivity contribution is -0.118. The van der Waals surface area contributed by atoms with E-state index >= 15 is 0 Å². The van der Waals surface area contributed by atoms with Gasteiger partial charge in [-0.25, -0.2) is 9.79 Å². The molecule has 8 heteroatoms. The number of amidine groups is 1. The standard InChI is InChI=1S/C24H36N4O4/c1-16(20(29)15-27-22(30)19-10-11-21(25-5)26-14-19)12-17-8-6-7-9-18(17)13-28-23(31)32-24(2,3)4/h6-9,14,16,20,29H,10-13,15H2,1-5H3,(H,25,26)(H,27,30)(H,28,31)/t16-,20+/m0/s1. The average molecular weight is 445 g/mol. The lowest BCUT2D eigenvalue weighted by Gasteiger charge is -2.22. The molecule has 4 N–H and O–H groups in total. The molecular formula is C24H36N4O4. The number of nitrogens with one attached hydrogen (secondary N) is 3. The number of benzene rings is 1. The minimum absolute atomic E-state index is 0.0905. The van der Waals surface area contributed by atoms with Gasteiger partial charge in [0.15, 0.2) is 0 Å². The molecule has 0 aliphatic carbocycles. The van der Waals surface area contributed by atoms with Crippen LogP contribution in [0.15, 0.2) is 41.0 Å². The highest BCUT2D eigenvalue weighted by Gasteiger charge is 2.20. The number of rotatable bonds is 8. The largest absolute Gasteiger partial charge is 0.444 e. The molecule has 176 valence electrons. The highest BCUT2D eigenvalue weighted by molar-refractivity contribution is 5.96. The van der Waals surface area contributed by atoms with Crippen molar-refractivity contribution in [3.8, 4) is 0 Å². The number of alkyl carbamates (subject to hydrolysis) is 1. The summed E-state index contributed by atoms with van der Waals surface area (Å²) in [6.07, 6.45) is 2.34. The van der Waals surface area contributed by atoms with Crippen LogP contribution in [-0.4, -0.2) is 48.2 Å². The molecule has 0 aromatic heterocycles. The Morgan fingerprint density at radius 1 is 1.16 bits per heavy atom. The molecule has 1 aliphatic heterocycles. The molecule has 1 aromatic carbocycles. The zero-order valence-electron chi connectivity index (χ0n) is 19.7. The summed E-state index contributed by atoms with van der Waals surface area (Å²) < 4.78 is 5.29. The van der Waals surface area contributed by atoms with E-state index in [9.17, 15) is 14.7 Å². The van der Waals surface area contributed by atoms with Crippen molar-refractivity contribution < 1.29 is 19.4 Å². The van der Waals surface area contributed by atoms with E-state index in [1.165, 1.54) is 0 Å². The van der Waals surface area contributed by atoms with Crippen LogP contribution < -0.4 is 16.0 Å². The molecule has 1 aromatic rings. The molecule has 0 fully saturated rings. The summed E-state index contributed by atoms with van der Waals surface area (Å²) in [5.41, 5.74) is 2.06. The minimum Gasteiger partial charge on any atom is -0.444 e. The van der Waals surface area contributed by atoms with Gasteiger partial charge in [0, 0.05) is 38.3 Å². The van der Waals surface area contributed by atoms with Crippen LogP contribution in [0.1, 0.15) is 51.7 Å². The number of carbonyl (C=O) groups excluding carboxylic acids is 2. The fourth-order valence-electron chi connectivity index (χ4n) is 3.31. The molecule has 2 amide bonds. The van der Waals surface area contributed by atoms with Gasteiger partial charge in [-0.15, -0.1) is 0 Å². The quantitative estimate of drug-likeness (QED) is 0.493. The lowest BCUT2D eigenvalue weighted by atomic mass is 9.92. The summed E-state index contributed by atoms with van der Waals surface area (Å²) in [6, 6.07) is 7.78. The van der Waals surface area contributed by atoms with Crippen LogP contribution in [0.2, 0.25) is 0 Å². The third-order valence-electron chi connectivity index (χ3n) is 5.20. The van der Waals surface area contributed by atoms with E-state index in [-0.39, 0.29) is 18.4 Å². The Hall–Kier alpha value is -2.87. The number of ether oxygens (including phenoxy) is 1. The van der Waals surface area contributed by atoms with Gasteiger partial charge in [0.05, 0.1) is 6.10 Å². The van der Waals surface area contributed by atoms with Gasteiger partial charge >= 0.3 is 6.09 Å². The fourth-order valence-corrected chi connectivity index (χ4v) is 3.31. The second-order valence-electron chi connectivity index (χ2n) is 9.06. The number of aliphatic imine (C=N–C) groups is 1. The molecule has 0 spiro atoms. The first-order valence-corrected chi connectivity index (χ1v) is 11.0. The maximum absolute atomic E-state index is 12.3. The summed E-state index contributed by atoms with van der Waals surface area (Å²) in [7, 11) is 1.81. The number of aliphatic hydroxyl groups is 1. The van der Waals surface area contributed by atoms with Crippen molar-refractivity contribution in [1.29, 1.82) is 0 Å². The molecule has 2 atom stereocenters. The van der Waals surface area contributed by atoms with E-state index in [0.29, 0.717) is 31.4 Å². The zero-order chi connectivity index (χ0) is 23.7. The first kappa shape index (κ1) is 25.4. The first-order valence-electron chi connectivity index (χ1n) is 11.0. The first-order chi connectivity index (χ1) is 15.1. The number of nitrogens with zero attached hydrogens (tertiary/aromatic N) is 1. The van der Waals surface area contributed by atoms with Crippen molar-refractivity contribution in [2.45, 2.75) is 65.2 Å². The number of carbonyl (C=O) groups is 2. The van der Waals surface area contributed by atoms with E-state index in [0.717, 1.165) is 17.0 Å². The molecule has 2 rings (SSSR count). The van der Waals surface area contributed by atoms with Gasteiger partial charge in [-0.05, 0) is 50.7 Å². The third kappa shape index (κ3) is 8.34. The Kier molecular flexibility index (Phi) is 9.26. The highest BCUT2D eigenvalue weighted by Crippen LogP contribution is 2.17. The number of aliphatic hydroxyl groups excluding tert-OH is 1. The van der Waals surface area contributed by atoms with Gasteiger partial charge in [0.25, 0.3) is 0 Å². The number of hydrogen-bond donors (Lipinski definition) is 4. The predicted octanol–water partition coefficient (Wildman–Crippen LogP) is 2.66. The smallest absolute Gasteiger partial charge is 0.407 e. The number of amides is 2. The fraction of sp³-hybridized carbons (Fsp3) is 0.542. The lowest BCUT2D eigenvalue weighted by Crippen LogP contribution is -2.37. The second-order valence-corrected chi connectivity index (χ2v) is 9.06. The van der Waals surface area contributed by atoms with Gasteiger partial charge in [0.2, 0.25) is 5.91 Å². The summed E-state index contributed by atoms with van der Waals surface area (Å²) in [5, 5.41) is 19.2. The van der Waals surface area contributed by atoms with Crippen LogP contribution in [-0.2, 0) is 22.5 Å². The number of hydrogen-bond acceptors (Lipinski definition) is 6. The van der Waals surface area contributed by atoms with Crippen molar-refractivity contribution in [3.05, 3.63) is 47.2 Å². The Balaban J connectivity index is 1.87. The van der Waals surface area contributed by atoms with Crippen LogP contribution in [0.4, 0.5) is 4.79 Å². The predicted molar refractivity (Wildman–Crippen MR) is 125 cm³/mol. The van der Waals surface area contributed by atoms with E-state index < -0.39 is 17.8 Å². The molecule has 1 aliphatic rings. The van der Waals surface area contributed by atoms with Crippen LogP contribution >= 0.6 is 0 Å². The van der Waals surface area contributed by atoms with Crippen LogP contribution in [0.3, 0.4) is 0 Å². The SMILES string of the molecule is CNC1=NC=C(C(=O)NC[C@@H](O)[C@@H](C)Cc2ccccc2CNC(=O)OC(C)(C)C)CC1. The monoisotopic (exact) mass is 444 g/mol. The summed E-state index contributed by atoms with van der Waals surface area (Å²) in [6.45, 7) is 7.91. The normalized spacial score (nSPS) is 15.7.